The molecule has 17 heavy (non-hydrogen) atoms. The van der Waals surface area contributed by atoms with E-state index in [4.69, 9.17) is 5.73 Å². The minimum absolute atomic E-state index is 0.580. The predicted octanol–water partition coefficient (Wildman–Crippen LogP) is 3.52. The van der Waals surface area contributed by atoms with Crippen molar-refractivity contribution in [3.8, 4) is 11.3 Å². The zero-order valence-corrected chi connectivity index (χ0v) is 11.5. The van der Waals surface area contributed by atoms with Crippen LogP contribution in [0.2, 0.25) is 0 Å². The third-order valence-electron chi connectivity index (χ3n) is 2.44. The second-order valence-electron chi connectivity index (χ2n) is 3.67. The third kappa shape index (κ3) is 3.31. The summed E-state index contributed by atoms with van der Waals surface area (Å²) in [5.74, 6) is 2.15. The Morgan fingerprint density at radius 1 is 1.41 bits per heavy atom. The lowest BCUT2D eigenvalue weighted by molar-refractivity contribution is 1.07. The van der Waals surface area contributed by atoms with Gasteiger partial charge in [0.25, 0.3) is 0 Å². The van der Waals surface area contributed by atoms with Gasteiger partial charge in [-0.3, -0.25) is 0 Å². The lowest BCUT2D eigenvalue weighted by atomic mass is 10.1. The molecule has 0 aliphatic rings. The molecule has 0 saturated carbocycles. The van der Waals surface area contributed by atoms with Crippen LogP contribution in [0.15, 0.2) is 29.6 Å². The first-order chi connectivity index (χ1) is 8.33. The van der Waals surface area contributed by atoms with Crippen LogP contribution >= 0.6 is 23.1 Å². The summed E-state index contributed by atoms with van der Waals surface area (Å²) >= 11 is 3.64. The predicted molar refractivity (Wildman–Crippen MR) is 77.3 cm³/mol. The van der Waals surface area contributed by atoms with E-state index in [1.54, 1.807) is 11.3 Å². The minimum Gasteiger partial charge on any atom is -0.326 e. The molecule has 1 aromatic carbocycles. The molecule has 1 heterocycles. The number of rotatable bonds is 5. The van der Waals surface area contributed by atoms with Gasteiger partial charge >= 0.3 is 0 Å². The van der Waals surface area contributed by atoms with E-state index in [9.17, 15) is 0 Å². The van der Waals surface area contributed by atoms with Gasteiger partial charge in [0.2, 0.25) is 0 Å². The summed E-state index contributed by atoms with van der Waals surface area (Å²) in [6.45, 7) is 2.75. The standard InChI is InChI=1S/C13H16N2S2/c1-2-16-9-13-15-12(8-17-13)11-5-3-4-10(6-11)7-14/h3-6,8H,2,7,9,14H2,1H3. The van der Waals surface area contributed by atoms with Crippen molar-refractivity contribution in [1.82, 2.24) is 4.98 Å². The van der Waals surface area contributed by atoms with Gasteiger partial charge in [0.05, 0.1) is 5.69 Å². The van der Waals surface area contributed by atoms with Gasteiger partial charge in [0.1, 0.15) is 5.01 Å². The van der Waals surface area contributed by atoms with Gasteiger partial charge in [-0.15, -0.1) is 11.3 Å². The highest BCUT2D eigenvalue weighted by Crippen LogP contribution is 2.24. The van der Waals surface area contributed by atoms with Gasteiger partial charge in [-0.25, -0.2) is 4.98 Å². The molecule has 1 aromatic heterocycles. The van der Waals surface area contributed by atoms with E-state index in [2.05, 4.69) is 29.4 Å². The summed E-state index contributed by atoms with van der Waals surface area (Å²) < 4.78 is 0. The summed E-state index contributed by atoms with van der Waals surface area (Å²) in [4.78, 5) is 4.65. The van der Waals surface area contributed by atoms with Crippen LogP contribution in [0.5, 0.6) is 0 Å². The highest BCUT2D eigenvalue weighted by Gasteiger charge is 2.04. The fraction of sp³-hybridized carbons (Fsp3) is 0.308. The number of nitrogens with zero attached hydrogens (tertiary/aromatic N) is 1. The zero-order chi connectivity index (χ0) is 12.1. The van der Waals surface area contributed by atoms with Crippen LogP contribution < -0.4 is 5.73 Å². The number of thioether (sulfide) groups is 1. The van der Waals surface area contributed by atoms with E-state index in [-0.39, 0.29) is 0 Å². The molecule has 0 aliphatic heterocycles. The highest BCUT2D eigenvalue weighted by molar-refractivity contribution is 7.98. The SMILES string of the molecule is CCSCc1nc(-c2cccc(CN)c2)cs1. The van der Waals surface area contributed by atoms with Gasteiger partial charge in [0, 0.05) is 23.2 Å². The van der Waals surface area contributed by atoms with Crippen LogP contribution in [0.1, 0.15) is 17.5 Å². The normalized spacial score (nSPS) is 10.7. The summed E-state index contributed by atoms with van der Waals surface area (Å²) in [6.07, 6.45) is 0. The molecule has 0 amide bonds. The van der Waals surface area contributed by atoms with Gasteiger partial charge in [0.15, 0.2) is 0 Å². The molecular formula is C13H16N2S2. The summed E-state index contributed by atoms with van der Waals surface area (Å²) in [6, 6.07) is 8.29. The Labute approximate surface area is 110 Å². The van der Waals surface area contributed by atoms with E-state index in [0.29, 0.717) is 6.54 Å². The Morgan fingerprint density at radius 3 is 3.06 bits per heavy atom. The molecule has 0 fully saturated rings. The average Bonchev–Trinajstić information content (AvgIpc) is 2.85. The first-order valence-corrected chi connectivity index (χ1v) is 7.68. The molecule has 4 heteroatoms. The van der Waals surface area contributed by atoms with E-state index in [1.165, 1.54) is 5.01 Å². The maximum absolute atomic E-state index is 5.65. The molecule has 0 radical (unpaired) electrons. The molecule has 0 aliphatic carbocycles. The van der Waals surface area contributed by atoms with Crippen molar-refractivity contribution in [3.05, 3.63) is 40.2 Å². The fourth-order valence-corrected chi connectivity index (χ4v) is 3.11. The molecule has 2 rings (SSSR count). The molecule has 0 spiro atoms. The Hall–Kier alpha value is -0.840. The van der Waals surface area contributed by atoms with E-state index in [0.717, 1.165) is 28.3 Å². The molecule has 2 nitrogen and oxygen atoms in total. The van der Waals surface area contributed by atoms with Crippen LogP contribution in [-0.4, -0.2) is 10.7 Å². The first kappa shape index (κ1) is 12.6. The Bertz CT molecular complexity index is 480. The summed E-state index contributed by atoms with van der Waals surface area (Å²) in [7, 11) is 0. The smallest absolute Gasteiger partial charge is 0.103 e. The first-order valence-electron chi connectivity index (χ1n) is 5.65. The number of aromatic nitrogens is 1. The zero-order valence-electron chi connectivity index (χ0n) is 9.85. The van der Waals surface area contributed by atoms with Gasteiger partial charge < -0.3 is 5.73 Å². The number of hydrogen-bond donors (Lipinski definition) is 1. The van der Waals surface area contributed by atoms with E-state index in [1.807, 2.05) is 23.9 Å². The Morgan fingerprint density at radius 2 is 2.29 bits per heavy atom. The fourth-order valence-electron chi connectivity index (χ4n) is 1.56. The van der Waals surface area contributed by atoms with Crippen molar-refractivity contribution in [2.45, 2.75) is 19.2 Å². The van der Waals surface area contributed by atoms with Gasteiger partial charge in [-0.05, 0) is 17.4 Å². The Kier molecular flexibility index (Phi) is 4.59. The van der Waals surface area contributed by atoms with Crippen molar-refractivity contribution in [2.75, 3.05) is 5.75 Å². The van der Waals surface area contributed by atoms with E-state index >= 15 is 0 Å². The maximum Gasteiger partial charge on any atom is 0.103 e. The Balaban J connectivity index is 2.18. The monoisotopic (exact) mass is 264 g/mol. The number of nitrogens with two attached hydrogens (primary N) is 1. The van der Waals surface area contributed by atoms with Crippen molar-refractivity contribution in [3.63, 3.8) is 0 Å². The van der Waals surface area contributed by atoms with Crippen LogP contribution in [0.4, 0.5) is 0 Å². The number of hydrogen-bond acceptors (Lipinski definition) is 4. The minimum atomic E-state index is 0.580. The number of benzene rings is 1. The van der Waals surface area contributed by atoms with E-state index < -0.39 is 0 Å². The van der Waals surface area contributed by atoms with Crippen LogP contribution in [0, 0.1) is 0 Å². The summed E-state index contributed by atoms with van der Waals surface area (Å²) in [5, 5.41) is 3.33. The van der Waals surface area contributed by atoms with Crippen molar-refractivity contribution < 1.29 is 0 Å². The quantitative estimate of drug-likeness (QED) is 0.898. The molecule has 2 N–H and O–H groups in total. The topological polar surface area (TPSA) is 38.9 Å². The van der Waals surface area contributed by atoms with Crippen molar-refractivity contribution in [2.24, 2.45) is 5.73 Å². The second kappa shape index (κ2) is 6.19. The molecule has 0 unspecified atom stereocenters. The lowest BCUT2D eigenvalue weighted by Gasteiger charge is -2.00. The van der Waals surface area contributed by atoms with Crippen LogP contribution in [-0.2, 0) is 12.3 Å². The molecule has 0 saturated heterocycles. The molecule has 0 bridgehead atoms. The average molecular weight is 264 g/mol. The van der Waals surface area contributed by atoms with Gasteiger partial charge in [-0.1, -0.05) is 25.1 Å². The van der Waals surface area contributed by atoms with Crippen LogP contribution in [0.3, 0.4) is 0 Å². The summed E-state index contributed by atoms with van der Waals surface area (Å²) in [5.41, 5.74) is 9.03. The lowest BCUT2D eigenvalue weighted by Crippen LogP contribution is -1.95. The number of thiazole rings is 1. The molecule has 0 atom stereocenters. The second-order valence-corrected chi connectivity index (χ2v) is 5.89. The largest absolute Gasteiger partial charge is 0.326 e. The molecule has 2 aromatic rings. The maximum atomic E-state index is 5.65. The van der Waals surface area contributed by atoms with Gasteiger partial charge in [-0.2, -0.15) is 11.8 Å². The van der Waals surface area contributed by atoms with Crippen molar-refractivity contribution >= 4 is 23.1 Å². The molecular weight excluding hydrogens is 248 g/mol. The third-order valence-corrected chi connectivity index (χ3v) is 4.36. The highest BCUT2D eigenvalue weighted by atomic mass is 32.2. The van der Waals surface area contributed by atoms with Crippen LogP contribution in [0.25, 0.3) is 11.3 Å². The van der Waals surface area contributed by atoms with Crippen molar-refractivity contribution in [1.29, 1.82) is 0 Å². The molecule has 90 valence electrons.